The third-order valence-corrected chi connectivity index (χ3v) is 4.19. The van der Waals surface area contributed by atoms with E-state index in [1.54, 1.807) is 19.1 Å². The van der Waals surface area contributed by atoms with E-state index in [2.05, 4.69) is 10.6 Å². The van der Waals surface area contributed by atoms with Crippen molar-refractivity contribution in [3.8, 4) is 5.75 Å². The quantitative estimate of drug-likeness (QED) is 0.785. The van der Waals surface area contributed by atoms with Crippen LogP contribution in [-0.4, -0.2) is 56.8 Å². The number of benzene rings is 1. The van der Waals surface area contributed by atoms with Gasteiger partial charge in [0.25, 0.3) is 0 Å². The first kappa shape index (κ1) is 19.1. The van der Waals surface area contributed by atoms with E-state index in [0.717, 1.165) is 11.3 Å². The number of carbonyl (C=O) groups excluding carboxylic acids is 2. The van der Waals surface area contributed by atoms with E-state index < -0.39 is 0 Å². The summed E-state index contributed by atoms with van der Waals surface area (Å²) in [6.07, 6.45) is 1.12. The van der Waals surface area contributed by atoms with E-state index in [-0.39, 0.29) is 24.0 Å². The van der Waals surface area contributed by atoms with Gasteiger partial charge in [0, 0.05) is 33.2 Å². The van der Waals surface area contributed by atoms with E-state index in [4.69, 9.17) is 9.47 Å². The molecule has 1 aromatic rings. The van der Waals surface area contributed by atoms with Crippen LogP contribution in [0.5, 0.6) is 5.75 Å². The molecule has 138 valence electrons. The Hall–Kier alpha value is -2.28. The Morgan fingerprint density at radius 2 is 2.08 bits per heavy atom. The highest BCUT2D eigenvalue weighted by atomic mass is 16.5. The molecule has 25 heavy (non-hydrogen) atoms. The third-order valence-electron chi connectivity index (χ3n) is 4.19. The van der Waals surface area contributed by atoms with Crippen molar-refractivity contribution >= 4 is 11.9 Å². The fraction of sp³-hybridized carbons (Fsp3) is 0.556. The van der Waals surface area contributed by atoms with Crippen molar-refractivity contribution in [2.24, 2.45) is 0 Å². The molecule has 0 aromatic heterocycles. The van der Waals surface area contributed by atoms with E-state index in [0.29, 0.717) is 32.6 Å². The van der Waals surface area contributed by atoms with Crippen molar-refractivity contribution in [3.63, 3.8) is 0 Å². The molecule has 0 radical (unpaired) electrons. The lowest BCUT2D eigenvalue weighted by Gasteiger charge is -2.30. The minimum absolute atomic E-state index is 0.0359. The number of amides is 3. The number of methoxy groups -OCH3 is 1. The van der Waals surface area contributed by atoms with Crippen LogP contribution >= 0.6 is 0 Å². The van der Waals surface area contributed by atoms with Crippen molar-refractivity contribution in [2.45, 2.75) is 31.8 Å². The van der Waals surface area contributed by atoms with Gasteiger partial charge in [0.1, 0.15) is 5.75 Å². The summed E-state index contributed by atoms with van der Waals surface area (Å²) in [6.45, 7) is 3.44. The van der Waals surface area contributed by atoms with Crippen LogP contribution in [0.4, 0.5) is 4.79 Å². The summed E-state index contributed by atoms with van der Waals surface area (Å²) in [4.78, 5) is 25.5. The van der Waals surface area contributed by atoms with Gasteiger partial charge in [0.05, 0.1) is 19.3 Å². The topological polar surface area (TPSA) is 79.9 Å². The van der Waals surface area contributed by atoms with Gasteiger partial charge in [-0.05, 0) is 31.0 Å². The second kappa shape index (κ2) is 9.27. The maximum Gasteiger partial charge on any atom is 0.315 e. The molecule has 3 amide bonds. The van der Waals surface area contributed by atoms with Crippen LogP contribution in [0.3, 0.4) is 0 Å². The molecule has 0 saturated carbocycles. The fourth-order valence-corrected chi connectivity index (χ4v) is 2.87. The van der Waals surface area contributed by atoms with Gasteiger partial charge in [-0.1, -0.05) is 12.1 Å². The number of likely N-dealkylation sites (tertiary alicyclic amines) is 1. The lowest BCUT2D eigenvalue weighted by Crippen LogP contribution is -2.51. The molecular formula is C18H27N3O4. The third kappa shape index (κ3) is 5.63. The van der Waals surface area contributed by atoms with E-state index in [1.807, 2.05) is 31.2 Å². The van der Waals surface area contributed by atoms with Crippen LogP contribution in [0, 0.1) is 0 Å². The molecule has 0 aliphatic carbocycles. The van der Waals surface area contributed by atoms with Gasteiger partial charge in [-0.25, -0.2) is 4.79 Å². The molecule has 0 spiro atoms. The zero-order chi connectivity index (χ0) is 18.2. The molecule has 1 aromatic carbocycles. The van der Waals surface area contributed by atoms with Crippen LogP contribution < -0.4 is 15.4 Å². The Morgan fingerprint density at radius 3 is 2.68 bits per heavy atom. The summed E-state index contributed by atoms with van der Waals surface area (Å²) < 4.78 is 10.7. The monoisotopic (exact) mass is 349 g/mol. The van der Waals surface area contributed by atoms with Crippen LogP contribution in [0.2, 0.25) is 0 Å². The number of piperidine rings is 1. The molecule has 1 saturated heterocycles. The molecule has 1 fully saturated rings. The highest BCUT2D eigenvalue weighted by molar-refractivity contribution is 5.78. The molecular weight excluding hydrogens is 322 g/mol. The molecule has 1 aliphatic rings. The molecule has 0 bridgehead atoms. The zero-order valence-electron chi connectivity index (χ0n) is 15.1. The van der Waals surface area contributed by atoms with Gasteiger partial charge in [-0.15, -0.1) is 0 Å². The minimum atomic E-state index is -0.261. The highest BCUT2D eigenvalue weighted by Crippen LogP contribution is 2.18. The summed E-state index contributed by atoms with van der Waals surface area (Å²) in [6, 6.07) is 7.04. The standard InChI is InChI=1S/C18H27N3O4/c1-4-25-15-8-5-13(6-9-15)16(12-24-3)20-18(23)19-14-7-10-17(22)21(2)11-14/h5-6,8-9,14,16H,4,7,10-12H2,1-3H3,(H2,19,20,23)/t14-,16-/m1/s1. The first-order valence-electron chi connectivity index (χ1n) is 8.56. The predicted molar refractivity (Wildman–Crippen MR) is 94.6 cm³/mol. The maximum atomic E-state index is 12.3. The van der Waals surface area contributed by atoms with Crippen molar-refractivity contribution in [2.75, 3.05) is 33.9 Å². The van der Waals surface area contributed by atoms with Gasteiger partial charge in [0.15, 0.2) is 0 Å². The summed E-state index contributed by atoms with van der Waals surface area (Å²) >= 11 is 0. The smallest absolute Gasteiger partial charge is 0.315 e. The lowest BCUT2D eigenvalue weighted by atomic mass is 10.1. The van der Waals surface area contributed by atoms with E-state index in [9.17, 15) is 9.59 Å². The summed E-state index contributed by atoms with van der Waals surface area (Å²) in [5.41, 5.74) is 0.941. The van der Waals surface area contributed by atoms with Gasteiger partial charge in [-0.3, -0.25) is 4.79 Å². The van der Waals surface area contributed by atoms with Gasteiger partial charge >= 0.3 is 6.03 Å². The lowest BCUT2D eigenvalue weighted by molar-refractivity contribution is -0.132. The Morgan fingerprint density at radius 1 is 1.36 bits per heavy atom. The molecule has 2 N–H and O–H groups in total. The highest BCUT2D eigenvalue weighted by Gasteiger charge is 2.25. The molecule has 0 unspecified atom stereocenters. The average Bonchev–Trinajstić information content (AvgIpc) is 2.59. The van der Waals surface area contributed by atoms with Crippen LogP contribution in [-0.2, 0) is 9.53 Å². The van der Waals surface area contributed by atoms with Crippen LogP contribution in [0.1, 0.15) is 31.4 Å². The maximum absolute atomic E-state index is 12.3. The van der Waals surface area contributed by atoms with Gasteiger partial charge in [-0.2, -0.15) is 0 Å². The number of urea groups is 1. The van der Waals surface area contributed by atoms with Gasteiger partial charge in [0.2, 0.25) is 5.91 Å². The number of hydrogen-bond acceptors (Lipinski definition) is 4. The van der Waals surface area contributed by atoms with E-state index in [1.165, 1.54) is 0 Å². The number of nitrogens with zero attached hydrogens (tertiary/aromatic N) is 1. The molecule has 2 rings (SSSR count). The molecule has 1 aliphatic heterocycles. The summed E-state index contributed by atoms with van der Waals surface area (Å²) in [7, 11) is 3.35. The largest absolute Gasteiger partial charge is 0.494 e. The second-order valence-corrected chi connectivity index (χ2v) is 6.14. The van der Waals surface area contributed by atoms with Crippen LogP contribution in [0.15, 0.2) is 24.3 Å². The Balaban J connectivity index is 1.93. The van der Waals surface area contributed by atoms with Gasteiger partial charge < -0.3 is 25.0 Å². The number of nitrogens with one attached hydrogen (secondary N) is 2. The number of ether oxygens (including phenoxy) is 2. The van der Waals surface area contributed by atoms with Crippen molar-refractivity contribution < 1.29 is 19.1 Å². The second-order valence-electron chi connectivity index (χ2n) is 6.14. The first-order chi connectivity index (χ1) is 12.0. The predicted octanol–water partition coefficient (Wildman–Crippen LogP) is 1.69. The van der Waals surface area contributed by atoms with Crippen LogP contribution in [0.25, 0.3) is 0 Å². The number of rotatable bonds is 7. The Bertz CT molecular complexity index is 576. The Labute approximate surface area is 148 Å². The molecule has 7 heteroatoms. The number of hydrogen-bond donors (Lipinski definition) is 2. The molecule has 1 heterocycles. The van der Waals surface area contributed by atoms with Crippen molar-refractivity contribution in [3.05, 3.63) is 29.8 Å². The summed E-state index contributed by atoms with van der Waals surface area (Å²) in [5.74, 6) is 0.909. The normalized spacial score (nSPS) is 18.6. The van der Waals surface area contributed by atoms with E-state index >= 15 is 0 Å². The number of likely N-dealkylation sites (N-methyl/N-ethyl adjacent to an activating group) is 1. The number of carbonyl (C=O) groups is 2. The zero-order valence-corrected chi connectivity index (χ0v) is 15.1. The average molecular weight is 349 g/mol. The minimum Gasteiger partial charge on any atom is -0.494 e. The summed E-state index contributed by atoms with van der Waals surface area (Å²) in [5, 5.41) is 5.88. The SMILES string of the molecule is CCOc1ccc([C@@H](COC)NC(=O)N[C@@H]2CCC(=O)N(C)C2)cc1. The molecule has 2 atom stereocenters. The molecule has 7 nitrogen and oxygen atoms in total. The van der Waals surface area contributed by atoms with Crippen molar-refractivity contribution in [1.82, 2.24) is 15.5 Å². The Kier molecular flexibility index (Phi) is 7.06. The van der Waals surface area contributed by atoms with Crippen molar-refractivity contribution in [1.29, 1.82) is 0 Å². The first-order valence-corrected chi connectivity index (χ1v) is 8.56. The fourth-order valence-electron chi connectivity index (χ4n) is 2.87.